The van der Waals surface area contributed by atoms with Crippen LogP contribution in [-0.4, -0.2) is 76.4 Å². The number of ether oxygens (including phenoxy) is 2. The molecule has 5 saturated carbocycles. The molecular formula is C38H67NO6. The fourth-order valence-corrected chi connectivity index (χ4v) is 14.2. The molecule has 14 atom stereocenters. The highest BCUT2D eigenvalue weighted by Gasteiger charge is 2.89. The van der Waals surface area contributed by atoms with E-state index >= 15 is 0 Å². The molecule has 7 nitrogen and oxygen atoms in total. The van der Waals surface area contributed by atoms with Crippen LogP contribution in [0.2, 0.25) is 0 Å². The van der Waals surface area contributed by atoms with E-state index in [9.17, 15) is 20.4 Å². The molecule has 6 rings (SSSR count). The van der Waals surface area contributed by atoms with Gasteiger partial charge in [0.1, 0.15) is 5.60 Å². The van der Waals surface area contributed by atoms with Crippen LogP contribution in [-0.2, 0) is 9.47 Å². The third kappa shape index (κ3) is 4.52. The maximum atomic E-state index is 12.9. The van der Waals surface area contributed by atoms with Crippen molar-refractivity contribution < 1.29 is 29.9 Å². The van der Waals surface area contributed by atoms with E-state index in [-0.39, 0.29) is 52.0 Å². The number of fused-ring (bicyclic) bond motifs is 2. The monoisotopic (exact) mass is 633 g/mol. The van der Waals surface area contributed by atoms with E-state index in [0.717, 1.165) is 51.4 Å². The van der Waals surface area contributed by atoms with E-state index in [1.165, 1.54) is 6.42 Å². The van der Waals surface area contributed by atoms with Crippen molar-refractivity contribution in [3.63, 3.8) is 0 Å². The van der Waals surface area contributed by atoms with Gasteiger partial charge in [-0.1, -0.05) is 54.4 Å². The molecule has 6 aliphatic rings. The van der Waals surface area contributed by atoms with Crippen LogP contribution in [0.5, 0.6) is 0 Å². The number of hydrogen-bond acceptors (Lipinski definition) is 7. The fraction of sp³-hybridized carbons (Fsp3) is 1.00. The van der Waals surface area contributed by atoms with Gasteiger partial charge in [-0.25, -0.2) is 0 Å². The molecule has 0 aromatic heterocycles. The summed E-state index contributed by atoms with van der Waals surface area (Å²) in [4.78, 5) is 0. The number of rotatable bonds is 9. The van der Waals surface area contributed by atoms with E-state index in [0.29, 0.717) is 43.7 Å². The lowest BCUT2D eigenvalue weighted by Crippen LogP contribution is -2.66. The van der Waals surface area contributed by atoms with E-state index in [2.05, 4.69) is 46.9 Å². The molecule has 0 aromatic carbocycles. The second-order valence-corrected chi connectivity index (χ2v) is 18.7. The van der Waals surface area contributed by atoms with Gasteiger partial charge in [0.05, 0.1) is 30.5 Å². The highest BCUT2D eigenvalue weighted by Crippen LogP contribution is 2.92. The van der Waals surface area contributed by atoms with Gasteiger partial charge in [0, 0.05) is 18.4 Å². The van der Waals surface area contributed by atoms with E-state index in [4.69, 9.17) is 9.47 Å². The van der Waals surface area contributed by atoms with Crippen molar-refractivity contribution in [2.45, 2.75) is 162 Å². The molecule has 260 valence electrons. The standard InChI is InChI=1S/C38H67NO6/c1-23(11-10-16-32(3,4)42)30-31(41)38(43,22-39-9)35(8)27-13-12-26-33(5,6)28(45-29-21-25(40)15-20-44-29)14-17-36(26)24(2)37(27,36)19-18-34(30,35)7/h23-31,39-43H,10-22H2,1-9H3/t23?,24-,25+,26?,27+,28+,29?,30?,31?,34-,35+,36?,37+,38?/m1/s1. The van der Waals surface area contributed by atoms with E-state index < -0.39 is 22.7 Å². The Kier molecular flexibility index (Phi) is 8.54. The Morgan fingerprint density at radius 3 is 2.29 bits per heavy atom. The van der Waals surface area contributed by atoms with Gasteiger partial charge < -0.3 is 35.2 Å². The van der Waals surface area contributed by atoms with Gasteiger partial charge in [0.2, 0.25) is 0 Å². The summed E-state index contributed by atoms with van der Waals surface area (Å²) >= 11 is 0. The zero-order valence-corrected chi connectivity index (χ0v) is 30.0. The first-order valence-corrected chi connectivity index (χ1v) is 18.6. The predicted octanol–water partition coefficient (Wildman–Crippen LogP) is 5.66. The molecule has 7 unspecified atom stereocenters. The Morgan fingerprint density at radius 2 is 1.64 bits per heavy atom. The molecule has 1 saturated heterocycles. The molecule has 0 radical (unpaired) electrons. The molecule has 0 amide bonds. The summed E-state index contributed by atoms with van der Waals surface area (Å²) in [5, 5.41) is 49.3. The van der Waals surface area contributed by atoms with Crippen molar-refractivity contribution in [2.75, 3.05) is 20.2 Å². The lowest BCUT2D eigenvalue weighted by atomic mass is 9.40. The third-order valence-corrected chi connectivity index (χ3v) is 16.3. The van der Waals surface area contributed by atoms with Crippen molar-refractivity contribution in [1.82, 2.24) is 5.32 Å². The molecule has 0 aromatic rings. The molecule has 7 heteroatoms. The van der Waals surface area contributed by atoms with Gasteiger partial charge >= 0.3 is 0 Å². The number of aliphatic hydroxyl groups is 4. The summed E-state index contributed by atoms with van der Waals surface area (Å²) in [5.74, 6) is 1.73. The van der Waals surface area contributed by atoms with E-state index in [1.54, 1.807) is 0 Å². The Morgan fingerprint density at radius 1 is 0.978 bits per heavy atom. The largest absolute Gasteiger partial charge is 0.393 e. The summed E-state index contributed by atoms with van der Waals surface area (Å²) in [6.07, 6.45) is 9.10. The zero-order valence-electron chi connectivity index (χ0n) is 30.0. The maximum absolute atomic E-state index is 12.9. The Labute approximate surface area is 273 Å². The van der Waals surface area contributed by atoms with Gasteiger partial charge in [-0.3, -0.25) is 0 Å². The second kappa shape index (κ2) is 11.1. The van der Waals surface area contributed by atoms with Crippen LogP contribution in [0.15, 0.2) is 0 Å². The quantitative estimate of drug-likeness (QED) is 0.208. The Balaban J connectivity index is 1.31. The minimum Gasteiger partial charge on any atom is -0.393 e. The highest BCUT2D eigenvalue weighted by atomic mass is 16.7. The molecule has 6 fully saturated rings. The zero-order chi connectivity index (χ0) is 33.0. The molecule has 1 aliphatic heterocycles. The summed E-state index contributed by atoms with van der Waals surface area (Å²) in [6, 6.07) is 0. The predicted molar refractivity (Wildman–Crippen MR) is 176 cm³/mol. The normalized spacial score (nSPS) is 52.7. The van der Waals surface area contributed by atoms with Crippen LogP contribution in [0, 0.1) is 56.7 Å². The molecule has 5 aliphatic carbocycles. The summed E-state index contributed by atoms with van der Waals surface area (Å²) in [6.45, 7) is 19.2. The molecule has 45 heavy (non-hydrogen) atoms. The SMILES string of the molecule is CNCC1(O)C(O)C(C(C)CCCC(C)(C)O)[C@@]2(C)CC[C@@]34[C@H](C)C35CC[C@H](OC3C[C@@H](O)CCO3)C(C)(C)C5CC[C@H]4[C@]12C. The first-order valence-electron chi connectivity index (χ1n) is 18.6. The van der Waals surface area contributed by atoms with Crippen LogP contribution in [0.4, 0.5) is 0 Å². The average molecular weight is 634 g/mol. The Bertz CT molecular complexity index is 1110. The van der Waals surface area contributed by atoms with Crippen LogP contribution in [0.1, 0.15) is 126 Å². The molecule has 1 heterocycles. The van der Waals surface area contributed by atoms with Crippen LogP contribution >= 0.6 is 0 Å². The fourth-order valence-electron chi connectivity index (χ4n) is 14.2. The first kappa shape index (κ1) is 34.6. The van der Waals surface area contributed by atoms with Gasteiger partial charge in [0.25, 0.3) is 0 Å². The van der Waals surface area contributed by atoms with Crippen molar-refractivity contribution in [3.8, 4) is 0 Å². The topological polar surface area (TPSA) is 111 Å². The van der Waals surface area contributed by atoms with Gasteiger partial charge in [-0.15, -0.1) is 0 Å². The number of hydrogen-bond donors (Lipinski definition) is 5. The second-order valence-electron chi connectivity index (χ2n) is 18.7. The lowest BCUT2D eigenvalue weighted by molar-refractivity contribution is -0.255. The van der Waals surface area contributed by atoms with Crippen molar-refractivity contribution in [3.05, 3.63) is 0 Å². The smallest absolute Gasteiger partial charge is 0.160 e. The molecule has 2 spiro atoms. The number of likely N-dealkylation sites (N-methyl/N-ethyl adjacent to an activating group) is 1. The minimum absolute atomic E-state index is 0.00848. The minimum atomic E-state index is -1.21. The highest BCUT2D eigenvalue weighted by molar-refractivity contribution is 5.37. The van der Waals surface area contributed by atoms with Crippen molar-refractivity contribution >= 4 is 0 Å². The molecule has 0 bridgehead atoms. The molecule has 5 N–H and O–H groups in total. The summed E-state index contributed by atoms with van der Waals surface area (Å²) < 4.78 is 12.7. The number of aliphatic hydroxyl groups excluding tert-OH is 2. The first-order chi connectivity index (χ1) is 20.9. The molecular weight excluding hydrogens is 566 g/mol. The van der Waals surface area contributed by atoms with E-state index in [1.807, 2.05) is 20.9 Å². The summed E-state index contributed by atoms with van der Waals surface area (Å²) in [5.41, 5.74) is -2.12. The van der Waals surface area contributed by atoms with Crippen molar-refractivity contribution in [1.29, 1.82) is 0 Å². The third-order valence-electron chi connectivity index (χ3n) is 16.3. The lowest BCUT2D eigenvalue weighted by Gasteiger charge is -2.65. The van der Waals surface area contributed by atoms with Gasteiger partial charge in [-0.05, 0) is 124 Å². The van der Waals surface area contributed by atoms with Crippen LogP contribution < -0.4 is 5.32 Å². The van der Waals surface area contributed by atoms with Crippen molar-refractivity contribution in [2.24, 2.45) is 56.7 Å². The van der Waals surface area contributed by atoms with Crippen LogP contribution in [0.3, 0.4) is 0 Å². The van der Waals surface area contributed by atoms with Gasteiger partial charge in [-0.2, -0.15) is 0 Å². The summed E-state index contributed by atoms with van der Waals surface area (Å²) in [7, 11) is 1.92. The number of nitrogens with one attached hydrogen (secondary N) is 1. The van der Waals surface area contributed by atoms with Gasteiger partial charge in [0.15, 0.2) is 6.29 Å². The average Bonchev–Trinajstić information content (AvgIpc) is 3.43. The van der Waals surface area contributed by atoms with Crippen LogP contribution in [0.25, 0.3) is 0 Å². The maximum Gasteiger partial charge on any atom is 0.160 e. The Hall–Kier alpha value is -0.280.